The average Bonchev–Trinajstić information content (AvgIpc) is 3.66. The third kappa shape index (κ3) is 14.5. The van der Waals surface area contributed by atoms with E-state index >= 15 is 0 Å². The minimum absolute atomic E-state index is 0.136. The maximum absolute atomic E-state index is 11.3. The summed E-state index contributed by atoms with van der Waals surface area (Å²) in [7, 11) is 0. The molecule has 1 saturated heterocycles. The summed E-state index contributed by atoms with van der Waals surface area (Å²) in [5.74, 6) is 0.905. The molecule has 4 N–H and O–H groups in total. The number of ether oxygens (including phenoxy) is 1. The van der Waals surface area contributed by atoms with Crippen molar-refractivity contribution in [3.8, 4) is 0 Å². The fraction of sp³-hybridized carbons (Fsp3) is 0.576. The highest BCUT2D eigenvalue weighted by Crippen LogP contribution is 2.36. The van der Waals surface area contributed by atoms with Crippen molar-refractivity contribution < 1.29 is 19.7 Å². The van der Waals surface area contributed by atoms with Crippen molar-refractivity contribution in [3.05, 3.63) is 60.9 Å². The number of anilines is 1. The fourth-order valence-corrected chi connectivity index (χ4v) is 5.58. The van der Waals surface area contributed by atoms with Crippen molar-refractivity contribution in [1.82, 2.24) is 15.3 Å². The van der Waals surface area contributed by atoms with Crippen LogP contribution in [0.2, 0.25) is 0 Å². The number of hydrogen-bond acceptors (Lipinski definition) is 10. The van der Waals surface area contributed by atoms with Crippen LogP contribution in [-0.4, -0.2) is 62.8 Å². The van der Waals surface area contributed by atoms with E-state index in [4.69, 9.17) is 9.84 Å². The maximum atomic E-state index is 11.3. The molecule has 0 aromatic carbocycles. The first-order chi connectivity index (χ1) is 21.2. The van der Waals surface area contributed by atoms with Gasteiger partial charge in [0.05, 0.1) is 29.6 Å². The van der Waals surface area contributed by atoms with Gasteiger partial charge in [0, 0.05) is 19.2 Å². The molecule has 246 valence electrons. The van der Waals surface area contributed by atoms with Crippen molar-refractivity contribution in [2.75, 3.05) is 18.1 Å². The summed E-state index contributed by atoms with van der Waals surface area (Å²) in [6, 6.07) is 0. The zero-order chi connectivity index (χ0) is 32.9. The van der Waals surface area contributed by atoms with E-state index in [9.17, 15) is 9.90 Å². The zero-order valence-corrected chi connectivity index (χ0v) is 28.6. The van der Waals surface area contributed by atoms with Gasteiger partial charge in [-0.25, -0.2) is 9.97 Å². The Morgan fingerprint density at radius 2 is 1.95 bits per heavy atom. The molecule has 2 fully saturated rings. The number of rotatable bonds is 15. The van der Waals surface area contributed by atoms with Crippen molar-refractivity contribution in [3.63, 3.8) is 0 Å². The number of aliphatic hydroxyl groups is 1. The molecule has 1 aliphatic carbocycles. The van der Waals surface area contributed by atoms with Gasteiger partial charge in [0.15, 0.2) is 5.82 Å². The first-order valence-corrected chi connectivity index (χ1v) is 16.8. The third-order valence-electron chi connectivity index (χ3n) is 7.49. The number of aliphatic hydroxyl groups excluding tert-OH is 1. The monoisotopic (exact) mass is 647 g/mol. The van der Waals surface area contributed by atoms with Gasteiger partial charge in [0.1, 0.15) is 17.5 Å². The van der Waals surface area contributed by atoms with Crippen LogP contribution in [-0.2, 0) is 9.53 Å². The molecular formula is C33H53N5O4S2. The number of nitrogens with one attached hydrogen (secondary N) is 2. The van der Waals surface area contributed by atoms with Gasteiger partial charge in [-0.3, -0.25) is 9.79 Å². The molecule has 0 amide bonds. The second kappa shape index (κ2) is 22.8. The maximum Gasteiger partial charge on any atom is 0.306 e. The first-order valence-electron chi connectivity index (χ1n) is 15.4. The summed E-state index contributed by atoms with van der Waals surface area (Å²) in [5, 5.41) is 24.6. The van der Waals surface area contributed by atoms with Crippen LogP contribution in [0.5, 0.6) is 0 Å². The molecular weight excluding hydrogens is 595 g/mol. The smallest absolute Gasteiger partial charge is 0.306 e. The number of carbonyl (C=O) groups is 1. The number of nitrogens with zero attached hydrogens (tertiary/aromatic N) is 3. The molecule has 11 heteroatoms. The molecule has 2 aliphatic rings. The Labute approximate surface area is 275 Å². The van der Waals surface area contributed by atoms with Crippen LogP contribution in [0.3, 0.4) is 0 Å². The summed E-state index contributed by atoms with van der Waals surface area (Å²) in [5.41, 5.74) is 1.56. The predicted octanol–water partition coefficient (Wildman–Crippen LogP) is 7.06. The number of thiol groups is 2. The van der Waals surface area contributed by atoms with Gasteiger partial charge < -0.3 is 25.6 Å². The predicted molar refractivity (Wildman–Crippen MR) is 189 cm³/mol. The van der Waals surface area contributed by atoms with E-state index < -0.39 is 11.4 Å². The Morgan fingerprint density at radius 1 is 1.23 bits per heavy atom. The standard InChI is InChI=1S/C24H37N5O3.C8H12OS.CH4S/c1-4-25-17(3)29-23-22(16(2)27-15-28-23)26-14-13-20-12-11-19(32-20)9-5-7-18-8-6-10-21(18)24(30)31;1-3-5-7(6-4-2)8(9)10;1-2/h14-15,18-21,25H,3-13H2,1-2H3,(H,30,31)(H,27,28,29);3-6,8-10H,1H2,2H3;2H,1H3/b;6-4-,7-5+;/t;8-;/m.1./s1. The van der Waals surface area contributed by atoms with Crippen molar-refractivity contribution in [1.29, 1.82) is 0 Å². The van der Waals surface area contributed by atoms with E-state index in [1.165, 1.54) is 6.33 Å². The van der Waals surface area contributed by atoms with E-state index in [0.29, 0.717) is 23.2 Å². The van der Waals surface area contributed by atoms with E-state index in [1.807, 2.05) is 33.1 Å². The fourth-order valence-electron chi connectivity index (χ4n) is 5.41. The Morgan fingerprint density at radius 3 is 2.59 bits per heavy atom. The molecule has 1 aliphatic heterocycles. The van der Waals surface area contributed by atoms with Crippen LogP contribution in [0.15, 0.2) is 60.2 Å². The highest BCUT2D eigenvalue weighted by Gasteiger charge is 2.33. The lowest BCUT2D eigenvalue weighted by atomic mass is 9.90. The summed E-state index contributed by atoms with van der Waals surface area (Å²) < 4.78 is 6.22. The van der Waals surface area contributed by atoms with Crippen LogP contribution in [0, 0.1) is 18.8 Å². The molecule has 1 aromatic heterocycles. The number of carboxylic acids is 1. The molecule has 44 heavy (non-hydrogen) atoms. The van der Waals surface area contributed by atoms with Gasteiger partial charge in [-0.2, -0.15) is 12.6 Å². The zero-order valence-electron chi connectivity index (χ0n) is 26.8. The van der Waals surface area contributed by atoms with Gasteiger partial charge in [-0.15, -0.1) is 12.6 Å². The lowest BCUT2D eigenvalue weighted by molar-refractivity contribution is -0.143. The quantitative estimate of drug-likeness (QED) is 0.0517. The van der Waals surface area contributed by atoms with Crippen LogP contribution >= 0.6 is 25.3 Å². The Bertz CT molecular complexity index is 1110. The van der Waals surface area contributed by atoms with Crippen LogP contribution in [0.25, 0.3) is 0 Å². The van der Waals surface area contributed by atoms with Gasteiger partial charge in [0.25, 0.3) is 0 Å². The number of aliphatic carboxylic acids is 1. The molecule has 0 spiro atoms. The minimum Gasteiger partial charge on any atom is -0.481 e. The Kier molecular flexibility index (Phi) is 20.5. The molecule has 0 radical (unpaired) electrons. The number of aliphatic imine (C=N–C) groups is 1. The lowest BCUT2D eigenvalue weighted by Gasteiger charge is -2.17. The first kappa shape index (κ1) is 39.4. The van der Waals surface area contributed by atoms with Crippen LogP contribution < -0.4 is 10.6 Å². The largest absolute Gasteiger partial charge is 0.481 e. The number of carboxylic acid groups (broad SMARTS) is 1. The lowest BCUT2D eigenvalue weighted by Crippen LogP contribution is -2.19. The van der Waals surface area contributed by atoms with Gasteiger partial charge in [0.2, 0.25) is 0 Å². The summed E-state index contributed by atoms with van der Waals surface area (Å²) >= 11 is 7.38. The van der Waals surface area contributed by atoms with E-state index in [0.717, 1.165) is 75.6 Å². The van der Waals surface area contributed by atoms with E-state index in [1.54, 1.807) is 24.5 Å². The molecule has 4 unspecified atom stereocenters. The van der Waals surface area contributed by atoms with Gasteiger partial charge in [-0.1, -0.05) is 50.3 Å². The number of hydrogen-bond donors (Lipinski definition) is 6. The summed E-state index contributed by atoms with van der Waals surface area (Å²) in [6.07, 6.45) is 21.4. The SMILES string of the molecule is C=C(NCC)Nc1ncnc(C)c1N=CCC1CCC(CCCC2CCCC2C(=O)O)O1.C=C/C=C(\C=C/C)[C@H](O)S.CS. The summed E-state index contributed by atoms with van der Waals surface area (Å²) in [4.78, 5) is 24.5. The topological polar surface area (TPSA) is 129 Å². The Hall–Kier alpha value is -2.60. The van der Waals surface area contributed by atoms with Gasteiger partial charge in [-0.05, 0) is 77.0 Å². The van der Waals surface area contributed by atoms with E-state index in [-0.39, 0.29) is 18.1 Å². The number of allylic oxidation sites excluding steroid dienone is 3. The molecule has 3 rings (SSSR count). The van der Waals surface area contributed by atoms with Crippen molar-refractivity contribution in [2.24, 2.45) is 16.8 Å². The molecule has 5 atom stereocenters. The normalized spacial score (nSPS) is 22.1. The highest BCUT2D eigenvalue weighted by atomic mass is 32.1. The average molecular weight is 648 g/mol. The van der Waals surface area contributed by atoms with Gasteiger partial charge >= 0.3 is 5.97 Å². The Balaban J connectivity index is 0.000000687. The molecule has 0 bridgehead atoms. The summed E-state index contributed by atoms with van der Waals surface area (Å²) in [6.45, 7) is 14.0. The van der Waals surface area contributed by atoms with Crippen LogP contribution in [0.4, 0.5) is 11.5 Å². The van der Waals surface area contributed by atoms with Crippen molar-refractivity contribution in [2.45, 2.75) is 96.2 Å². The van der Waals surface area contributed by atoms with Crippen molar-refractivity contribution >= 4 is 48.9 Å². The molecule has 9 nitrogen and oxygen atoms in total. The number of aryl methyl sites for hydroxylation is 1. The number of aromatic nitrogens is 2. The molecule has 2 heterocycles. The molecule has 1 aromatic rings. The second-order valence-corrected chi connectivity index (χ2v) is 11.1. The van der Waals surface area contributed by atoms with E-state index in [2.05, 4.69) is 64.0 Å². The highest BCUT2D eigenvalue weighted by molar-refractivity contribution is 7.81. The minimum atomic E-state index is -0.714. The second-order valence-electron chi connectivity index (χ2n) is 10.6. The van der Waals surface area contributed by atoms with Crippen LogP contribution in [0.1, 0.15) is 77.3 Å². The third-order valence-corrected chi connectivity index (χ3v) is 7.79. The molecule has 1 saturated carbocycles.